The third-order valence-electron chi connectivity index (χ3n) is 5.15. The zero-order valence-corrected chi connectivity index (χ0v) is 15.4. The molecule has 1 N–H and O–H groups in total. The van der Waals surface area contributed by atoms with Gasteiger partial charge in [0, 0.05) is 32.6 Å². The summed E-state index contributed by atoms with van der Waals surface area (Å²) in [5, 5.41) is 11.1. The lowest BCUT2D eigenvalue weighted by atomic mass is 9.93. The average Bonchev–Trinajstić information content (AvgIpc) is 3.23. The molecule has 2 amide bonds. The van der Waals surface area contributed by atoms with Gasteiger partial charge < -0.3 is 10.2 Å². The first kappa shape index (κ1) is 18.1. The van der Waals surface area contributed by atoms with Crippen LogP contribution in [0.15, 0.2) is 48.7 Å². The SMILES string of the molecule is CN1C(=O)CC(C(=O)NCCc2nnc3ccccn23)C1c1cccc(F)c1. The molecule has 0 aliphatic carbocycles. The first-order chi connectivity index (χ1) is 13.5. The number of halogens is 1. The van der Waals surface area contributed by atoms with E-state index in [1.54, 1.807) is 19.2 Å². The van der Waals surface area contributed by atoms with Crippen LogP contribution in [-0.2, 0) is 16.0 Å². The zero-order chi connectivity index (χ0) is 19.7. The van der Waals surface area contributed by atoms with Gasteiger partial charge in [-0.05, 0) is 29.8 Å². The highest BCUT2D eigenvalue weighted by Gasteiger charge is 2.42. The second-order valence-electron chi connectivity index (χ2n) is 6.90. The molecule has 1 aromatic carbocycles. The Morgan fingerprint density at radius 3 is 2.93 bits per heavy atom. The summed E-state index contributed by atoms with van der Waals surface area (Å²) in [6.07, 6.45) is 2.49. The van der Waals surface area contributed by atoms with Crippen molar-refractivity contribution in [2.45, 2.75) is 18.9 Å². The van der Waals surface area contributed by atoms with Gasteiger partial charge in [-0.25, -0.2) is 4.39 Å². The van der Waals surface area contributed by atoms with E-state index >= 15 is 0 Å². The van der Waals surface area contributed by atoms with Gasteiger partial charge in [-0.3, -0.25) is 14.0 Å². The predicted octanol–water partition coefficient (Wildman–Crippen LogP) is 1.75. The summed E-state index contributed by atoms with van der Waals surface area (Å²) in [6.45, 7) is 0.374. The number of likely N-dealkylation sites (tertiary alicyclic amines) is 1. The largest absolute Gasteiger partial charge is 0.355 e. The van der Waals surface area contributed by atoms with Gasteiger partial charge in [-0.2, -0.15) is 0 Å². The van der Waals surface area contributed by atoms with Crippen molar-refractivity contribution in [2.75, 3.05) is 13.6 Å². The molecule has 28 heavy (non-hydrogen) atoms. The molecule has 2 aromatic heterocycles. The lowest BCUT2D eigenvalue weighted by Gasteiger charge is -2.25. The molecule has 0 bridgehead atoms. The van der Waals surface area contributed by atoms with Gasteiger partial charge in [0.1, 0.15) is 11.6 Å². The molecule has 0 saturated carbocycles. The number of nitrogens with zero attached hydrogens (tertiary/aromatic N) is 4. The maximum absolute atomic E-state index is 13.6. The molecule has 1 aliphatic heterocycles. The van der Waals surface area contributed by atoms with Crippen molar-refractivity contribution in [2.24, 2.45) is 5.92 Å². The van der Waals surface area contributed by atoms with Gasteiger partial charge in [0.25, 0.3) is 0 Å². The van der Waals surface area contributed by atoms with Gasteiger partial charge in [0.05, 0.1) is 12.0 Å². The van der Waals surface area contributed by atoms with E-state index in [9.17, 15) is 14.0 Å². The number of hydrogen-bond acceptors (Lipinski definition) is 4. The van der Waals surface area contributed by atoms with E-state index in [1.807, 2.05) is 28.8 Å². The molecule has 1 fully saturated rings. The standard InChI is InChI=1S/C20H20FN5O2/c1-25-18(27)12-15(19(25)13-5-4-6-14(21)11-13)20(28)22-9-8-17-24-23-16-7-2-3-10-26(16)17/h2-7,10-11,15,19H,8-9,12H2,1H3,(H,22,28). The van der Waals surface area contributed by atoms with Crippen LogP contribution >= 0.6 is 0 Å². The van der Waals surface area contributed by atoms with Gasteiger partial charge in [0.2, 0.25) is 11.8 Å². The van der Waals surface area contributed by atoms with Crippen molar-refractivity contribution < 1.29 is 14.0 Å². The molecule has 3 heterocycles. The minimum atomic E-state index is -0.561. The van der Waals surface area contributed by atoms with E-state index in [-0.39, 0.29) is 24.1 Å². The molecule has 7 nitrogen and oxygen atoms in total. The molecule has 1 saturated heterocycles. The summed E-state index contributed by atoms with van der Waals surface area (Å²) in [4.78, 5) is 26.5. The number of amides is 2. The van der Waals surface area contributed by atoms with Crippen molar-refractivity contribution in [1.82, 2.24) is 24.8 Å². The highest BCUT2D eigenvalue weighted by atomic mass is 19.1. The Hall–Kier alpha value is -3.29. The number of benzene rings is 1. The van der Waals surface area contributed by atoms with Gasteiger partial charge >= 0.3 is 0 Å². The van der Waals surface area contributed by atoms with Crippen LogP contribution in [0.2, 0.25) is 0 Å². The molecule has 0 spiro atoms. The number of nitrogens with one attached hydrogen (secondary N) is 1. The summed E-state index contributed by atoms with van der Waals surface area (Å²) < 4.78 is 15.5. The van der Waals surface area contributed by atoms with Crippen LogP contribution in [0.5, 0.6) is 0 Å². The van der Waals surface area contributed by atoms with Crippen LogP contribution < -0.4 is 5.32 Å². The Kier molecular flexibility index (Phi) is 4.77. The number of rotatable bonds is 5. The summed E-state index contributed by atoms with van der Waals surface area (Å²) in [5.74, 6) is -0.548. The summed E-state index contributed by atoms with van der Waals surface area (Å²) in [7, 11) is 1.65. The first-order valence-corrected chi connectivity index (χ1v) is 9.12. The summed E-state index contributed by atoms with van der Waals surface area (Å²) in [5.41, 5.74) is 1.37. The van der Waals surface area contributed by atoms with E-state index < -0.39 is 12.0 Å². The van der Waals surface area contributed by atoms with Crippen molar-refractivity contribution in [1.29, 1.82) is 0 Å². The van der Waals surface area contributed by atoms with Crippen molar-refractivity contribution in [3.63, 3.8) is 0 Å². The number of fused-ring (bicyclic) bond motifs is 1. The Morgan fingerprint density at radius 1 is 1.25 bits per heavy atom. The van der Waals surface area contributed by atoms with E-state index in [0.717, 1.165) is 11.5 Å². The molecular weight excluding hydrogens is 361 g/mol. The number of pyridine rings is 1. The first-order valence-electron chi connectivity index (χ1n) is 9.12. The summed E-state index contributed by atoms with van der Waals surface area (Å²) >= 11 is 0. The van der Waals surface area contributed by atoms with Crippen LogP contribution in [0.25, 0.3) is 5.65 Å². The van der Waals surface area contributed by atoms with E-state index in [0.29, 0.717) is 18.5 Å². The lowest BCUT2D eigenvalue weighted by molar-refractivity contribution is -0.128. The fourth-order valence-corrected chi connectivity index (χ4v) is 3.74. The molecule has 3 aromatic rings. The maximum Gasteiger partial charge on any atom is 0.226 e. The van der Waals surface area contributed by atoms with Crippen LogP contribution in [-0.4, -0.2) is 44.9 Å². The minimum Gasteiger partial charge on any atom is -0.355 e. The smallest absolute Gasteiger partial charge is 0.226 e. The maximum atomic E-state index is 13.6. The molecule has 2 unspecified atom stereocenters. The molecule has 0 radical (unpaired) electrons. The molecule has 2 atom stereocenters. The Bertz CT molecular complexity index is 1030. The molecule has 8 heteroatoms. The second kappa shape index (κ2) is 7.38. The van der Waals surface area contributed by atoms with Gasteiger partial charge in [-0.15, -0.1) is 10.2 Å². The zero-order valence-electron chi connectivity index (χ0n) is 15.4. The van der Waals surface area contributed by atoms with Crippen molar-refractivity contribution >= 4 is 17.5 Å². The Morgan fingerprint density at radius 2 is 2.11 bits per heavy atom. The average molecular weight is 381 g/mol. The normalized spacial score (nSPS) is 19.4. The number of carbonyl (C=O) groups excluding carboxylic acids is 2. The minimum absolute atomic E-state index is 0.109. The molecule has 1 aliphatic rings. The highest BCUT2D eigenvalue weighted by molar-refractivity contribution is 5.90. The fourth-order valence-electron chi connectivity index (χ4n) is 3.74. The quantitative estimate of drug-likeness (QED) is 0.730. The number of aromatic nitrogens is 3. The van der Waals surface area contributed by atoms with Crippen LogP contribution in [0.1, 0.15) is 23.9 Å². The van der Waals surface area contributed by atoms with Crippen molar-refractivity contribution in [3.8, 4) is 0 Å². The number of carbonyl (C=O) groups is 2. The monoisotopic (exact) mass is 381 g/mol. The van der Waals surface area contributed by atoms with Crippen LogP contribution in [0.3, 0.4) is 0 Å². The molecule has 4 rings (SSSR count). The molecule has 144 valence electrons. The van der Waals surface area contributed by atoms with Crippen molar-refractivity contribution in [3.05, 3.63) is 65.9 Å². The number of hydrogen-bond donors (Lipinski definition) is 1. The van der Waals surface area contributed by atoms with Crippen LogP contribution in [0.4, 0.5) is 4.39 Å². The third-order valence-corrected chi connectivity index (χ3v) is 5.15. The van der Waals surface area contributed by atoms with E-state index in [1.165, 1.54) is 17.0 Å². The van der Waals surface area contributed by atoms with Gasteiger partial charge in [0.15, 0.2) is 5.65 Å². The lowest BCUT2D eigenvalue weighted by Crippen LogP contribution is -2.35. The Labute approximate surface area is 161 Å². The van der Waals surface area contributed by atoms with Gasteiger partial charge in [-0.1, -0.05) is 18.2 Å². The van der Waals surface area contributed by atoms with Crippen LogP contribution in [0, 0.1) is 11.7 Å². The third kappa shape index (κ3) is 3.33. The van der Waals surface area contributed by atoms with E-state index in [2.05, 4.69) is 15.5 Å². The van der Waals surface area contributed by atoms with E-state index in [4.69, 9.17) is 0 Å². The Balaban J connectivity index is 1.45. The second-order valence-corrected chi connectivity index (χ2v) is 6.90. The predicted molar refractivity (Wildman–Crippen MR) is 99.7 cm³/mol. The fraction of sp³-hybridized carbons (Fsp3) is 0.300. The summed E-state index contributed by atoms with van der Waals surface area (Å²) in [6, 6.07) is 11.2. The highest BCUT2D eigenvalue weighted by Crippen LogP contribution is 2.37. The topological polar surface area (TPSA) is 79.6 Å². The molecular formula is C20H20FN5O2.